The van der Waals surface area contributed by atoms with Crippen LogP contribution < -0.4 is 0 Å². The van der Waals surface area contributed by atoms with Gasteiger partial charge in [0.05, 0.1) is 5.38 Å². The van der Waals surface area contributed by atoms with Gasteiger partial charge in [0.15, 0.2) is 0 Å². The topological polar surface area (TPSA) is 3.24 Å². The molecule has 0 N–H and O–H groups in total. The highest BCUT2D eigenvalue weighted by Gasteiger charge is 2.25. The van der Waals surface area contributed by atoms with Crippen molar-refractivity contribution in [3.63, 3.8) is 0 Å². The number of rotatable bonds is 1. The van der Waals surface area contributed by atoms with Gasteiger partial charge in [0.2, 0.25) is 0 Å². The molecule has 0 radical (unpaired) electrons. The Morgan fingerprint density at radius 1 is 1.56 bits per heavy atom. The molecule has 1 aliphatic rings. The summed E-state index contributed by atoms with van der Waals surface area (Å²) in [6.07, 6.45) is 0. The van der Waals surface area contributed by atoms with Gasteiger partial charge >= 0.3 is 0 Å². The van der Waals surface area contributed by atoms with Gasteiger partial charge < -0.3 is 4.90 Å². The summed E-state index contributed by atoms with van der Waals surface area (Å²) in [6.45, 7) is 7.81. The fraction of sp³-hybridized carbons (Fsp3) is 1.00. The van der Waals surface area contributed by atoms with E-state index < -0.39 is 0 Å². The summed E-state index contributed by atoms with van der Waals surface area (Å²) in [7, 11) is 0. The minimum Gasteiger partial charge on any atom is -0.302 e. The van der Waals surface area contributed by atoms with Gasteiger partial charge in [-0.05, 0) is 12.5 Å². The van der Waals surface area contributed by atoms with Gasteiger partial charge in [0.1, 0.15) is 0 Å². The molecule has 1 saturated heterocycles. The molecular weight excluding hydrogens is 134 g/mol. The van der Waals surface area contributed by atoms with Crippen molar-refractivity contribution in [2.75, 3.05) is 19.6 Å². The highest BCUT2D eigenvalue weighted by atomic mass is 35.5. The van der Waals surface area contributed by atoms with Gasteiger partial charge in [0.25, 0.3) is 0 Å². The van der Waals surface area contributed by atoms with E-state index in [0.29, 0.717) is 11.3 Å². The molecule has 1 heterocycles. The van der Waals surface area contributed by atoms with E-state index in [2.05, 4.69) is 18.7 Å². The van der Waals surface area contributed by atoms with E-state index in [1.165, 1.54) is 6.54 Å². The van der Waals surface area contributed by atoms with Crippen molar-refractivity contribution in [3.05, 3.63) is 0 Å². The first-order chi connectivity index (χ1) is 4.24. The van der Waals surface area contributed by atoms with Crippen LogP contribution in [0.4, 0.5) is 0 Å². The van der Waals surface area contributed by atoms with Crippen LogP contribution in [-0.2, 0) is 0 Å². The predicted octanol–water partition coefficient (Wildman–Crippen LogP) is 1.57. The van der Waals surface area contributed by atoms with E-state index >= 15 is 0 Å². The highest BCUT2D eigenvalue weighted by Crippen LogP contribution is 2.20. The third kappa shape index (κ3) is 1.59. The molecule has 1 aliphatic heterocycles. The average Bonchev–Trinajstić information content (AvgIpc) is 2.13. The van der Waals surface area contributed by atoms with E-state index in [9.17, 15) is 0 Å². The molecular formula is C7H14ClN. The van der Waals surface area contributed by atoms with Crippen LogP contribution in [0.3, 0.4) is 0 Å². The van der Waals surface area contributed by atoms with E-state index in [1.54, 1.807) is 0 Å². The Morgan fingerprint density at radius 3 is 2.44 bits per heavy atom. The molecule has 54 valence electrons. The minimum absolute atomic E-state index is 0.393. The van der Waals surface area contributed by atoms with Crippen molar-refractivity contribution in [1.29, 1.82) is 0 Å². The lowest BCUT2D eigenvalue weighted by Crippen LogP contribution is -2.19. The van der Waals surface area contributed by atoms with Crippen LogP contribution in [0, 0.1) is 5.92 Å². The van der Waals surface area contributed by atoms with Gasteiger partial charge in [-0.25, -0.2) is 0 Å². The van der Waals surface area contributed by atoms with Crippen LogP contribution in [-0.4, -0.2) is 29.9 Å². The highest BCUT2D eigenvalue weighted by molar-refractivity contribution is 6.21. The summed E-state index contributed by atoms with van der Waals surface area (Å²) >= 11 is 5.99. The van der Waals surface area contributed by atoms with Gasteiger partial charge in [-0.3, -0.25) is 0 Å². The zero-order valence-electron chi connectivity index (χ0n) is 6.10. The summed E-state index contributed by atoms with van der Waals surface area (Å²) in [6, 6.07) is 0. The second-order valence-electron chi connectivity index (χ2n) is 2.85. The quantitative estimate of drug-likeness (QED) is 0.509. The standard InChI is InChI=1S/C7H14ClN/c1-3-9-4-6(2)7(8)5-9/h6-7H,3-5H2,1-2H3. The summed E-state index contributed by atoms with van der Waals surface area (Å²) in [5.41, 5.74) is 0. The third-order valence-electron chi connectivity index (χ3n) is 2.04. The maximum absolute atomic E-state index is 5.99. The Labute approximate surface area is 62.0 Å². The largest absolute Gasteiger partial charge is 0.302 e. The van der Waals surface area contributed by atoms with Gasteiger partial charge in [-0.2, -0.15) is 0 Å². The van der Waals surface area contributed by atoms with E-state index in [1.807, 2.05) is 0 Å². The molecule has 0 bridgehead atoms. The van der Waals surface area contributed by atoms with E-state index in [-0.39, 0.29) is 0 Å². The molecule has 0 aromatic carbocycles. The molecule has 1 fully saturated rings. The number of hydrogen-bond acceptors (Lipinski definition) is 1. The molecule has 2 atom stereocenters. The Morgan fingerprint density at radius 2 is 2.22 bits per heavy atom. The summed E-state index contributed by atoms with van der Waals surface area (Å²) in [5, 5.41) is 0.393. The second-order valence-corrected chi connectivity index (χ2v) is 3.41. The smallest absolute Gasteiger partial charge is 0.0500 e. The van der Waals surface area contributed by atoms with Crippen LogP contribution in [0.15, 0.2) is 0 Å². The lowest BCUT2D eigenvalue weighted by Gasteiger charge is -2.09. The maximum atomic E-state index is 5.99. The van der Waals surface area contributed by atoms with Crippen molar-refractivity contribution in [1.82, 2.24) is 4.90 Å². The summed E-state index contributed by atoms with van der Waals surface area (Å²) < 4.78 is 0. The van der Waals surface area contributed by atoms with E-state index in [4.69, 9.17) is 11.6 Å². The minimum atomic E-state index is 0.393. The van der Waals surface area contributed by atoms with Crippen molar-refractivity contribution in [2.24, 2.45) is 5.92 Å². The molecule has 0 amide bonds. The molecule has 1 nitrogen and oxygen atoms in total. The fourth-order valence-electron chi connectivity index (χ4n) is 1.28. The van der Waals surface area contributed by atoms with Gasteiger partial charge in [0, 0.05) is 13.1 Å². The van der Waals surface area contributed by atoms with Crippen LogP contribution in [0.1, 0.15) is 13.8 Å². The maximum Gasteiger partial charge on any atom is 0.0500 e. The molecule has 0 aromatic heterocycles. The van der Waals surface area contributed by atoms with Crippen LogP contribution in [0.25, 0.3) is 0 Å². The molecule has 9 heavy (non-hydrogen) atoms. The number of halogens is 1. The normalized spacial score (nSPS) is 37.7. The first-order valence-electron chi connectivity index (χ1n) is 3.60. The molecule has 0 aromatic rings. The SMILES string of the molecule is CCN1CC(C)C(Cl)C1. The Kier molecular flexibility index (Phi) is 2.36. The number of nitrogens with zero attached hydrogens (tertiary/aromatic N) is 1. The van der Waals surface area contributed by atoms with Crippen molar-refractivity contribution in [3.8, 4) is 0 Å². The Balaban J connectivity index is 2.35. The number of likely N-dealkylation sites (tertiary alicyclic amines) is 1. The lowest BCUT2D eigenvalue weighted by molar-refractivity contribution is 0.347. The van der Waals surface area contributed by atoms with Gasteiger partial charge in [-0.1, -0.05) is 13.8 Å². The van der Waals surface area contributed by atoms with Crippen LogP contribution in [0.2, 0.25) is 0 Å². The van der Waals surface area contributed by atoms with Crippen molar-refractivity contribution >= 4 is 11.6 Å². The van der Waals surface area contributed by atoms with Crippen molar-refractivity contribution in [2.45, 2.75) is 19.2 Å². The predicted molar refractivity (Wildman–Crippen MR) is 40.9 cm³/mol. The summed E-state index contributed by atoms with van der Waals surface area (Å²) in [4.78, 5) is 2.39. The van der Waals surface area contributed by atoms with Crippen molar-refractivity contribution < 1.29 is 0 Å². The molecule has 1 rings (SSSR count). The molecule has 0 saturated carbocycles. The molecule has 2 unspecified atom stereocenters. The first kappa shape index (κ1) is 7.36. The number of hydrogen-bond donors (Lipinski definition) is 0. The Hall–Kier alpha value is 0.250. The summed E-state index contributed by atoms with van der Waals surface area (Å²) in [5.74, 6) is 0.687. The van der Waals surface area contributed by atoms with Crippen LogP contribution >= 0.6 is 11.6 Å². The third-order valence-corrected chi connectivity index (χ3v) is 2.61. The van der Waals surface area contributed by atoms with Gasteiger partial charge in [-0.15, -0.1) is 11.6 Å². The monoisotopic (exact) mass is 147 g/mol. The lowest BCUT2D eigenvalue weighted by atomic mass is 10.2. The zero-order chi connectivity index (χ0) is 6.85. The molecule has 0 aliphatic carbocycles. The molecule has 0 spiro atoms. The molecule has 2 heteroatoms. The second kappa shape index (κ2) is 2.89. The first-order valence-corrected chi connectivity index (χ1v) is 4.04. The fourth-order valence-corrected chi connectivity index (χ4v) is 1.56. The Bertz CT molecular complexity index is 84.9. The van der Waals surface area contributed by atoms with Crippen LogP contribution in [0.5, 0.6) is 0 Å². The number of alkyl halides is 1. The average molecular weight is 148 g/mol. The van der Waals surface area contributed by atoms with E-state index in [0.717, 1.165) is 13.1 Å². The zero-order valence-corrected chi connectivity index (χ0v) is 6.86.